The van der Waals surface area contributed by atoms with Crippen molar-refractivity contribution in [1.29, 1.82) is 0 Å². The third-order valence-corrected chi connectivity index (χ3v) is 3.39. The minimum atomic E-state index is -5.39. The molecule has 2 N–H and O–H groups in total. The number of carbonyl (C=O) groups is 2. The Balaban J connectivity index is 3.88. The van der Waals surface area contributed by atoms with Gasteiger partial charge in [-0.1, -0.05) is 13.8 Å². The third-order valence-electron chi connectivity index (χ3n) is 3.39. The van der Waals surface area contributed by atoms with Gasteiger partial charge in [-0.2, -0.15) is 26.3 Å². The molecule has 1 unspecified atom stereocenters. The van der Waals surface area contributed by atoms with Crippen molar-refractivity contribution in [3.05, 3.63) is 22.4 Å². The van der Waals surface area contributed by atoms with Gasteiger partial charge in [-0.05, 0) is 24.8 Å². The highest BCUT2D eigenvalue weighted by Gasteiger charge is 2.54. The van der Waals surface area contributed by atoms with Crippen molar-refractivity contribution in [3.63, 3.8) is 0 Å². The summed E-state index contributed by atoms with van der Waals surface area (Å²) in [6.07, 6.45) is -11.2. The predicted molar refractivity (Wildman–Crippen MR) is 76.8 cm³/mol. The Morgan fingerprint density at radius 2 is 1.73 bits per heavy atom. The van der Waals surface area contributed by atoms with Crippen molar-refractivity contribution in [1.82, 2.24) is 5.32 Å². The van der Waals surface area contributed by atoms with Crippen LogP contribution < -0.4 is 5.32 Å². The van der Waals surface area contributed by atoms with E-state index in [-0.39, 0.29) is 6.61 Å². The number of hydrogen-bond donors (Lipinski definition) is 2. The Hall–Kier alpha value is -2.20. The second kappa shape index (κ2) is 7.58. The first kappa shape index (κ1) is 21.8. The van der Waals surface area contributed by atoms with Gasteiger partial charge >= 0.3 is 24.3 Å². The van der Waals surface area contributed by atoms with Crippen molar-refractivity contribution >= 4 is 11.9 Å². The first-order valence-electron chi connectivity index (χ1n) is 7.50. The first-order valence-corrected chi connectivity index (χ1v) is 7.50. The zero-order valence-corrected chi connectivity index (χ0v) is 14.0. The molecule has 148 valence electrons. The molecule has 1 heterocycles. The van der Waals surface area contributed by atoms with Crippen molar-refractivity contribution in [2.45, 2.75) is 45.6 Å². The van der Waals surface area contributed by atoms with Crippen molar-refractivity contribution < 1.29 is 45.8 Å². The van der Waals surface area contributed by atoms with Gasteiger partial charge in [-0.3, -0.25) is 0 Å². The number of hydrogen-bond acceptors (Lipinski definition) is 4. The van der Waals surface area contributed by atoms with Crippen molar-refractivity contribution in [2.24, 2.45) is 5.92 Å². The van der Waals surface area contributed by atoms with E-state index in [1.807, 2.05) is 0 Å². The number of carboxylic acids is 1. The Morgan fingerprint density at radius 1 is 1.19 bits per heavy atom. The number of esters is 1. The Morgan fingerprint density at radius 3 is 2.08 bits per heavy atom. The number of alkyl halides is 6. The second-order valence-electron chi connectivity index (χ2n) is 5.88. The molecule has 0 amide bonds. The molecule has 0 fully saturated rings. The highest BCUT2D eigenvalue weighted by Crippen LogP contribution is 2.41. The fourth-order valence-electron chi connectivity index (χ4n) is 2.52. The van der Waals surface area contributed by atoms with Crippen LogP contribution in [0.25, 0.3) is 0 Å². The van der Waals surface area contributed by atoms with Crippen molar-refractivity contribution in [3.8, 4) is 0 Å². The summed E-state index contributed by atoms with van der Waals surface area (Å²) in [5, 5.41) is 10.4. The number of carbonyl (C=O) groups excluding carboxylic acids is 1. The average Bonchev–Trinajstić information content (AvgIpc) is 2.43. The van der Waals surface area contributed by atoms with Crippen LogP contribution in [0.15, 0.2) is 22.4 Å². The molecular formula is C15H17F6NO4. The number of carboxylic acid groups (broad SMARTS) is 1. The standard InChI is InChI=1S/C15H17F6NO4/c1-4-26-13(25)9-7(5-6(2)3)8(12(23)24)10(14(16,17)18)22-11(9)15(19,20)21/h6,11,22H,4-5H2,1-3H3,(H,23,24). The summed E-state index contributed by atoms with van der Waals surface area (Å²) in [4.78, 5) is 23.5. The zero-order chi connectivity index (χ0) is 20.4. The molecule has 0 spiro atoms. The molecule has 5 nitrogen and oxygen atoms in total. The molecule has 0 radical (unpaired) electrons. The van der Waals surface area contributed by atoms with Gasteiger partial charge in [0.05, 0.1) is 17.8 Å². The van der Waals surface area contributed by atoms with Crippen LogP contribution in [0.2, 0.25) is 0 Å². The van der Waals surface area contributed by atoms with E-state index < -0.39 is 65.1 Å². The maximum Gasteiger partial charge on any atom is 0.431 e. The summed E-state index contributed by atoms with van der Waals surface area (Å²) in [6, 6.07) is -3.03. The quantitative estimate of drug-likeness (QED) is 0.557. The molecule has 0 saturated heterocycles. The summed E-state index contributed by atoms with van der Waals surface area (Å²) in [5.41, 5.74) is -5.46. The van der Waals surface area contributed by atoms with E-state index in [1.54, 1.807) is 0 Å². The maximum atomic E-state index is 13.4. The fraction of sp³-hybridized carbons (Fsp3) is 0.600. The summed E-state index contributed by atoms with van der Waals surface area (Å²) < 4.78 is 84.2. The van der Waals surface area contributed by atoms with Crippen LogP contribution in [-0.4, -0.2) is 42.0 Å². The SMILES string of the molecule is CCOC(=O)C1=C(CC(C)C)C(C(=O)O)=C(C(F)(F)F)NC1C(F)(F)F. The fourth-order valence-corrected chi connectivity index (χ4v) is 2.52. The van der Waals surface area contributed by atoms with Gasteiger partial charge in [0.15, 0.2) is 6.04 Å². The van der Waals surface area contributed by atoms with Crippen LogP contribution in [0.1, 0.15) is 27.2 Å². The number of allylic oxidation sites excluding steroid dienone is 1. The first-order chi connectivity index (χ1) is 11.7. The van der Waals surface area contributed by atoms with Gasteiger partial charge in [0.1, 0.15) is 5.70 Å². The number of dihydropyridines is 1. The molecular weight excluding hydrogens is 372 g/mol. The maximum absolute atomic E-state index is 13.4. The topological polar surface area (TPSA) is 75.6 Å². The highest BCUT2D eigenvalue weighted by atomic mass is 19.4. The van der Waals surface area contributed by atoms with Crippen molar-refractivity contribution in [2.75, 3.05) is 6.61 Å². The summed E-state index contributed by atoms with van der Waals surface area (Å²) in [6.45, 7) is 3.90. The van der Waals surface area contributed by atoms with Crippen LogP contribution in [0, 0.1) is 5.92 Å². The highest BCUT2D eigenvalue weighted by molar-refractivity contribution is 6.00. The lowest BCUT2D eigenvalue weighted by molar-refractivity contribution is -0.162. The van der Waals surface area contributed by atoms with Gasteiger partial charge in [-0.25, -0.2) is 9.59 Å². The van der Waals surface area contributed by atoms with Gasteiger partial charge in [0.2, 0.25) is 0 Å². The number of ether oxygens (including phenoxy) is 1. The molecule has 26 heavy (non-hydrogen) atoms. The Kier molecular flexibility index (Phi) is 6.37. The Bertz CT molecular complexity index is 646. The minimum Gasteiger partial charge on any atom is -0.478 e. The Labute approximate surface area is 144 Å². The zero-order valence-electron chi connectivity index (χ0n) is 14.0. The molecule has 0 aromatic carbocycles. The van der Waals surface area contributed by atoms with Crippen LogP contribution >= 0.6 is 0 Å². The van der Waals surface area contributed by atoms with Gasteiger partial charge in [-0.15, -0.1) is 0 Å². The molecule has 0 saturated carbocycles. The monoisotopic (exact) mass is 389 g/mol. The lowest BCUT2D eigenvalue weighted by Crippen LogP contribution is -2.52. The predicted octanol–water partition coefficient (Wildman–Crippen LogP) is 3.33. The summed E-state index contributed by atoms with van der Waals surface area (Å²) in [7, 11) is 0. The molecule has 0 aromatic rings. The molecule has 1 rings (SSSR count). The molecule has 0 bridgehead atoms. The van der Waals surface area contributed by atoms with E-state index in [1.165, 1.54) is 20.8 Å². The second-order valence-corrected chi connectivity index (χ2v) is 5.88. The molecule has 1 aliphatic heterocycles. The summed E-state index contributed by atoms with van der Waals surface area (Å²) in [5.74, 6) is -4.13. The molecule has 0 aromatic heterocycles. The summed E-state index contributed by atoms with van der Waals surface area (Å²) >= 11 is 0. The van der Waals surface area contributed by atoms with Crippen LogP contribution in [-0.2, 0) is 14.3 Å². The van der Waals surface area contributed by atoms with E-state index in [0.717, 1.165) is 5.32 Å². The number of aliphatic carboxylic acids is 1. The van der Waals surface area contributed by atoms with Gasteiger partial charge in [0, 0.05) is 0 Å². The molecule has 11 heteroatoms. The van der Waals surface area contributed by atoms with Crippen LogP contribution in [0.3, 0.4) is 0 Å². The van der Waals surface area contributed by atoms with Gasteiger partial charge < -0.3 is 15.2 Å². The van der Waals surface area contributed by atoms with E-state index in [2.05, 4.69) is 4.74 Å². The molecule has 1 aliphatic rings. The lowest BCUT2D eigenvalue weighted by atomic mass is 9.84. The largest absolute Gasteiger partial charge is 0.478 e. The van der Waals surface area contributed by atoms with E-state index in [0.29, 0.717) is 0 Å². The average molecular weight is 389 g/mol. The van der Waals surface area contributed by atoms with Crippen LogP contribution in [0.4, 0.5) is 26.3 Å². The van der Waals surface area contributed by atoms with Gasteiger partial charge in [0.25, 0.3) is 0 Å². The minimum absolute atomic E-state index is 0.333. The number of halogens is 6. The van der Waals surface area contributed by atoms with E-state index in [4.69, 9.17) is 0 Å². The third kappa shape index (κ3) is 4.70. The van der Waals surface area contributed by atoms with E-state index in [9.17, 15) is 41.0 Å². The number of nitrogens with one attached hydrogen (secondary N) is 1. The normalized spacial score (nSPS) is 18.9. The smallest absolute Gasteiger partial charge is 0.431 e. The lowest BCUT2D eigenvalue weighted by Gasteiger charge is -2.34. The molecule has 0 aliphatic carbocycles. The number of rotatable bonds is 5. The van der Waals surface area contributed by atoms with E-state index >= 15 is 0 Å². The van der Waals surface area contributed by atoms with Crippen LogP contribution in [0.5, 0.6) is 0 Å². The molecule has 1 atom stereocenters.